The van der Waals surface area contributed by atoms with Crippen LogP contribution in [0.3, 0.4) is 0 Å². The van der Waals surface area contributed by atoms with Crippen molar-refractivity contribution < 1.29 is 24.2 Å². The van der Waals surface area contributed by atoms with E-state index in [9.17, 15) is 19.5 Å². The molecule has 5 fully saturated rings. The molecule has 2 aromatic carbocycles. The van der Waals surface area contributed by atoms with E-state index in [2.05, 4.69) is 66.3 Å². The highest BCUT2D eigenvalue weighted by molar-refractivity contribution is 6.00. The van der Waals surface area contributed by atoms with Gasteiger partial charge in [0.05, 0.1) is 31.2 Å². The lowest BCUT2D eigenvalue weighted by Crippen LogP contribution is -2.60. The number of ether oxygens (including phenoxy) is 2. The topological polar surface area (TPSA) is 136 Å². The number of benzene rings is 2. The summed E-state index contributed by atoms with van der Waals surface area (Å²) >= 11 is 0. The third-order valence-electron chi connectivity index (χ3n) is 14.8. The molecule has 2 amide bonds. The fourth-order valence-corrected chi connectivity index (χ4v) is 10.9. The minimum Gasteiger partial charge on any atom is -0.496 e. The van der Waals surface area contributed by atoms with Crippen LogP contribution < -0.4 is 30.1 Å². The van der Waals surface area contributed by atoms with Crippen molar-refractivity contribution in [3.05, 3.63) is 75.8 Å². The first-order valence-corrected chi connectivity index (χ1v) is 22.2. The van der Waals surface area contributed by atoms with E-state index < -0.39 is 12.3 Å². The van der Waals surface area contributed by atoms with E-state index in [1.807, 2.05) is 11.1 Å². The van der Waals surface area contributed by atoms with Gasteiger partial charge >= 0.3 is 0 Å². The van der Waals surface area contributed by atoms with E-state index in [0.29, 0.717) is 36.1 Å². The van der Waals surface area contributed by atoms with Gasteiger partial charge in [-0.2, -0.15) is 0 Å². The van der Waals surface area contributed by atoms with E-state index in [1.165, 1.54) is 25.7 Å². The van der Waals surface area contributed by atoms with Crippen LogP contribution in [0.2, 0.25) is 0 Å². The summed E-state index contributed by atoms with van der Waals surface area (Å²) in [5.74, 6) is 2.61. The number of imide groups is 1. The second kappa shape index (κ2) is 16.0. The summed E-state index contributed by atoms with van der Waals surface area (Å²) in [6.07, 6.45) is 9.43. The number of aromatic nitrogens is 2. The van der Waals surface area contributed by atoms with Crippen LogP contribution in [0.1, 0.15) is 67.9 Å². The van der Waals surface area contributed by atoms with Gasteiger partial charge in [-0.15, -0.1) is 0 Å². The van der Waals surface area contributed by atoms with Gasteiger partial charge in [0.2, 0.25) is 11.8 Å². The molecule has 2 atom stereocenters. The van der Waals surface area contributed by atoms with Crippen molar-refractivity contribution in [2.75, 3.05) is 82.9 Å². The lowest BCUT2D eigenvalue weighted by molar-refractivity contribution is -0.141. The Hall–Kier alpha value is -5.02. The largest absolute Gasteiger partial charge is 0.496 e. The molecule has 2 aromatic heterocycles. The minimum atomic E-state index is -0.843. The predicted octanol–water partition coefficient (Wildman–Crippen LogP) is 4.25. The third kappa shape index (κ3) is 7.44. The second-order valence-corrected chi connectivity index (χ2v) is 18.5. The number of pyridine rings is 2. The number of amides is 2. The Labute approximate surface area is 357 Å². The van der Waals surface area contributed by atoms with Crippen molar-refractivity contribution in [2.45, 2.75) is 70.3 Å². The molecule has 0 saturated carbocycles. The molecule has 5 saturated heterocycles. The van der Waals surface area contributed by atoms with E-state index in [-0.39, 0.29) is 17.4 Å². The van der Waals surface area contributed by atoms with E-state index in [0.717, 1.165) is 128 Å². The summed E-state index contributed by atoms with van der Waals surface area (Å²) in [6, 6.07) is 12.1. The highest BCUT2D eigenvalue weighted by Crippen LogP contribution is 2.45. The number of anilines is 2. The van der Waals surface area contributed by atoms with Crippen molar-refractivity contribution >= 4 is 34.1 Å². The molecule has 0 aliphatic carbocycles. The van der Waals surface area contributed by atoms with E-state index in [4.69, 9.17) is 9.47 Å². The number of methoxy groups -OCH3 is 2. The quantitative estimate of drug-likeness (QED) is 0.221. The van der Waals surface area contributed by atoms with Crippen molar-refractivity contribution in [3.63, 3.8) is 0 Å². The number of aliphatic hydroxyl groups is 1. The molecule has 61 heavy (non-hydrogen) atoms. The maximum Gasteiger partial charge on any atom is 0.259 e. The van der Waals surface area contributed by atoms with Gasteiger partial charge in [-0.05, 0) is 112 Å². The molecule has 0 bridgehead atoms. The minimum absolute atomic E-state index is 0.0617. The van der Waals surface area contributed by atoms with E-state index >= 15 is 0 Å². The second-order valence-electron chi connectivity index (χ2n) is 18.5. The number of rotatable bonds is 10. The van der Waals surface area contributed by atoms with E-state index in [1.54, 1.807) is 32.0 Å². The number of piperidine rings is 3. The van der Waals surface area contributed by atoms with Gasteiger partial charge in [0.15, 0.2) is 0 Å². The van der Waals surface area contributed by atoms with Gasteiger partial charge in [0.25, 0.3) is 5.56 Å². The summed E-state index contributed by atoms with van der Waals surface area (Å²) in [5, 5.41) is 15.1. The number of hydrogen-bond donors (Lipinski definition) is 2. The number of likely N-dealkylation sites (tertiary alicyclic amines) is 2. The summed E-state index contributed by atoms with van der Waals surface area (Å²) < 4.78 is 13.7. The average Bonchev–Trinajstić information content (AvgIpc) is 3.56. The molecule has 2 unspecified atom stereocenters. The Morgan fingerprint density at radius 2 is 1.61 bits per heavy atom. The molecule has 0 radical (unpaired) electrons. The molecule has 6 aliphatic rings. The van der Waals surface area contributed by atoms with Crippen LogP contribution in [0, 0.1) is 11.3 Å². The first kappa shape index (κ1) is 40.1. The standard InChI is InChI=1S/C47H58N8O6/c1-50-26-37(35-22-42(53-13-4-14-53)48-23-36(35)45(50)58)32-19-40(60-2)38(41(20-32)61-3)27-51-15-9-30(10-16-51)24-52-17-11-47(12-18-52)28-54(29-47)33-6-5-31-25-55(46(59)34(31)21-33)39-7-8-43(56)49-44(39)57/h5-6,19-23,26,30,39,46,59H,4,7-18,24-25,27-29H2,1-3H3,(H,49,56,57). The van der Waals surface area contributed by atoms with Gasteiger partial charge in [-0.3, -0.25) is 29.5 Å². The lowest BCUT2D eigenvalue weighted by Gasteiger charge is -2.55. The molecule has 8 heterocycles. The van der Waals surface area contributed by atoms with Gasteiger partial charge < -0.3 is 33.8 Å². The Morgan fingerprint density at radius 1 is 0.869 bits per heavy atom. The summed E-state index contributed by atoms with van der Waals surface area (Å²) in [5.41, 5.74) is 6.29. The summed E-state index contributed by atoms with van der Waals surface area (Å²) in [6.45, 7) is 10.8. The molecular weight excluding hydrogens is 773 g/mol. The predicted molar refractivity (Wildman–Crippen MR) is 234 cm³/mol. The normalized spacial score (nSPS) is 23.5. The highest BCUT2D eigenvalue weighted by atomic mass is 16.5. The van der Waals surface area contributed by atoms with Gasteiger partial charge in [0.1, 0.15) is 23.5 Å². The van der Waals surface area contributed by atoms with Crippen LogP contribution >= 0.6 is 0 Å². The zero-order chi connectivity index (χ0) is 42.0. The molecule has 6 aliphatic heterocycles. The van der Waals surface area contributed by atoms with Crippen LogP contribution in [-0.4, -0.2) is 120 Å². The summed E-state index contributed by atoms with van der Waals surface area (Å²) in [4.78, 5) is 53.7. The van der Waals surface area contributed by atoms with Crippen LogP contribution in [0.5, 0.6) is 11.5 Å². The molecule has 1 spiro atoms. The first-order chi connectivity index (χ1) is 29.6. The Morgan fingerprint density at radius 3 is 2.28 bits per heavy atom. The van der Waals surface area contributed by atoms with Gasteiger partial charge in [-0.1, -0.05) is 6.07 Å². The van der Waals surface area contributed by atoms with Crippen molar-refractivity contribution in [3.8, 4) is 22.6 Å². The lowest BCUT2D eigenvalue weighted by atomic mass is 9.71. The molecule has 14 nitrogen and oxygen atoms in total. The maximum atomic E-state index is 13.1. The maximum absolute atomic E-state index is 13.1. The highest BCUT2D eigenvalue weighted by Gasteiger charge is 2.46. The van der Waals surface area contributed by atoms with Crippen LogP contribution in [0.25, 0.3) is 21.9 Å². The Balaban J connectivity index is 0.726. The van der Waals surface area contributed by atoms with Crippen LogP contribution in [-0.2, 0) is 29.7 Å². The van der Waals surface area contributed by atoms with Crippen molar-refractivity contribution in [1.29, 1.82) is 0 Å². The average molecular weight is 831 g/mol. The molecule has 14 heteroatoms. The Kier molecular flexibility index (Phi) is 10.5. The zero-order valence-corrected chi connectivity index (χ0v) is 35.7. The molecule has 4 aromatic rings. The number of fused-ring (bicyclic) bond motifs is 2. The van der Waals surface area contributed by atoms with Gasteiger partial charge in [0, 0.05) is 99.3 Å². The first-order valence-electron chi connectivity index (χ1n) is 22.2. The summed E-state index contributed by atoms with van der Waals surface area (Å²) in [7, 11) is 5.24. The Bertz CT molecular complexity index is 2380. The zero-order valence-electron chi connectivity index (χ0n) is 35.7. The number of aryl methyl sites for hydroxylation is 1. The van der Waals surface area contributed by atoms with Crippen LogP contribution in [0.15, 0.2) is 53.6 Å². The number of carbonyl (C=O) groups is 2. The molecule has 10 rings (SSSR count). The molecule has 322 valence electrons. The van der Waals surface area contributed by atoms with Gasteiger partial charge in [-0.25, -0.2) is 4.98 Å². The number of carbonyl (C=O) groups excluding carboxylic acids is 2. The van der Waals surface area contributed by atoms with Crippen molar-refractivity contribution in [2.24, 2.45) is 18.4 Å². The fraction of sp³-hybridized carbons (Fsp3) is 0.532. The number of nitrogens with one attached hydrogen (secondary N) is 1. The fourth-order valence-electron chi connectivity index (χ4n) is 10.9. The number of aliphatic hydroxyl groups excluding tert-OH is 1. The molecular formula is C47H58N8O6. The SMILES string of the molecule is COc1cc(-c2cn(C)c(=O)c3cnc(N4CCC4)cc23)cc(OC)c1CN1CCC(CN2CCC3(CC2)CN(c2ccc4c(c2)C(O)N(C2CCC(=O)NC2=O)C4)C3)CC1. The number of nitrogens with zero attached hydrogens (tertiary/aromatic N) is 7. The third-order valence-corrected chi connectivity index (χ3v) is 14.8. The van der Waals surface area contributed by atoms with Crippen molar-refractivity contribution in [1.82, 2.24) is 29.6 Å². The monoisotopic (exact) mass is 830 g/mol. The van der Waals surface area contributed by atoms with Crippen LogP contribution in [0.4, 0.5) is 11.5 Å². The molecule has 2 N–H and O–H groups in total. The smallest absolute Gasteiger partial charge is 0.259 e. The number of hydrogen-bond acceptors (Lipinski definition) is 12.